The van der Waals surface area contributed by atoms with Gasteiger partial charge in [-0.2, -0.15) is 0 Å². The van der Waals surface area contributed by atoms with Crippen molar-refractivity contribution in [2.75, 3.05) is 37.1 Å². The lowest BCUT2D eigenvalue weighted by Gasteiger charge is -2.20. The number of hydrogen-bond donors (Lipinski definition) is 1. The second-order valence-corrected chi connectivity index (χ2v) is 7.35. The Morgan fingerprint density at radius 1 is 1.00 bits per heavy atom. The smallest absolute Gasteiger partial charge is 0.255 e. The fourth-order valence-corrected chi connectivity index (χ4v) is 3.39. The summed E-state index contributed by atoms with van der Waals surface area (Å²) in [7, 11) is 1.55. The fraction of sp³-hybridized carbons (Fsp3) is 0.417. The molecule has 7 heteroatoms. The van der Waals surface area contributed by atoms with Crippen molar-refractivity contribution in [3.8, 4) is 17.2 Å². The molecule has 2 amide bonds. The highest BCUT2D eigenvalue weighted by molar-refractivity contribution is 6.05. The maximum atomic E-state index is 12.8. The second-order valence-electron chi connectivity index (χ2n) is 7.35. The van der Waals surface area contributed by atoms with Crippen LogP contribution >= 0.6 is 0 Å². The average molecular weight is 427 g/mol. The molecule has 1 saturated heterocycles. The van der Waals surface area contributed by atoms with E-state index in [2.05, 4.69) is 5.32 Å². The monoisotopic (exact) mass is 426 g/mol. The van der Waals surface area contributed by atoms with Gasteiger partial charge < -0.3 is 24.4 Å². The molecule has 7 nitrogen and oxygen atoms in total. The molecule has 166 valence electrons. The van der Waals surface area contributed by atoms with Gasteiger partial charge in [-0.3, -0.25) is 9.59 Å². The summed E-state index contributed by atoms with van der Waals surface area (Å²) in [6.45, 7) is 5.86. The summed E-state index contributed by atoms with van der Waals surface area (Å²) in [6.07, 6.45) is 3.12. The minimum absolute atomic E-state index is 0.0834. The summed E-state index contributed by atoms with van der Waals surface area (Å²) in [5, 5.41) is 2.89. The first-order valence-corrected chi connectivity index (χ1v) is 10.8. The van der Waals surface area contributed by atoms with Gasteiger partial charge in [0, 0.05) is 30.3 Å². The van der Waals surface area contributed by atoms with Crippen molar-refractivity contribution >= 4 is 23.2 Å². The molecule has 1 aliphatic heterocycles. The summed E-state index contributed by atoms with van der Waals surface area (Å²) in [5.74, 6) is 1.55. The van der Waals surface area contributed by atoms with E-state index < -0.39 is 0 Å². The highest BCUT2D eigenvalue weighted by Gasteiger charge is 2.24. The van der Waals surface area contributed by atoms with Gasteiger partial charge in [0.25, 0.3) is 5.91 Å². The van der Waals surface area contributed by atoms with Crippen LogP contribution in [0.2, 0.25) is 0 Å². The summed E-state index contributed by atoms with van der Waals surface area (Å²) in [4.78, 5) is 26.6. The Balaban J connectivity index is 1.78. The SMILES string of the molecule is CCCOc1ccc(C(=O)Nc2ccc(N3CCCC3=O)c(OC)c2)cc1OCCC. The fourth-order valence-electron chi connectivity index (χ4n) is 3.39. The van der Waals surface area contributed by atoms with Gasteiger partial charge in [0.05, 0.1) is 26.0 Å². The standard InChI is InChI=1S/C24H30N2O5/c1-4-13-30-20-11-8-17(15-22(20)31-14-5-2)24(28)25-18-9-10-19(21(16-18)29-3)26-12-6-7-23(26)27/h8-11,15-16H,4-7,12-14H2,1-3H3,(H,25,28). The topological polar surface area (TPSA) is 77.1 Å². The minimum Gasteiger partial charge on any atom is -0.494 e. The number of carbonyl (C=O) groups is 2. The van der Waals surface area contributed by atoms with E-state index in [1.54, 1.807) is 48.4 Å². The van der Waals surface area contributed by atoms with Crippen molar-refractivity contribution in [1.82, 2.24) is 0 Å². The zero-order valence-electron chi connectivity index (χ0n) is 18.4. The van der Waals surface area contributed by atoms with Crippen LogP contribution in [-0.4, -0.2) is 38.7 Å². The third-order valence-corrected chi connectivity index (χ3v) is 4.93. The van der Waals surface area contributed by atoms with Crippen LogP contribution in [0, 0.1) is 0 Å². The molecular formula is C24H30N2O5. The number of nitrogens with one attached hydrogen (secondary N) is 1. The normalized spacial score (nSPS) is 13.3. The van der Waals surface area contributed by atoms with Gasteiger partial charge in [0.2, 0.25) is 5.91 Å². The van der Waals surface area contributed by atoms with Crippen LogP contribution < -0.4 is 24.4 Å². The molecule has 1 N–H and O–H groups in total. The average Bonchev–Trinajstić information content (AvgIpc) is 3.21. The first kappa shape index (κ1) is 22.5. The van der Waals surface area contributed by atoms with E-state index in [4.69, 9.17) is 14.2 Å². The van der Waals surface area contributed by atoms with Crippen LogP contribution in [0.15, 0.2) is 36.4 Å². The Kier molecular flexibility index (Phi) is 7.76. The van der Waals surface area contributed by atoms with E-state index in [0.717, 1.165) is 24.9 Å². The van der Waals surface area contributed by atoms with Gasteiger partial charge in [-0.25, -0.2) is 0 Å². The van der Waals surface area contributed by atoms with Crippen molar-refractivity contribution in [2.45, 2.75) is 39.5 Å². The molecule has 0 radical (unpaired) electrons. The molecule has 1 aliphatic rings. The molecule has 3 rings (SSSR count). The van der Waals surface area contributed by atoms with Gasteiger partial charge in [-0.15, -0.1) is 0 Å². The molecule has 0 bridgehead atoms. The van der Waals surface area contributed by atoms with Gasteiger partial charge in [0.1, 0.15) is 5.75 Å². The Morgan fingerprint density at radius 2 is 1.74 bits per heavy atom. The molecule has 0 saturated carbocycles. The lowest BCUT2D eigenvalue weighted by molar-refractivity contribution is -0.117. The number of methoxy groups -OCH3 is 1. The lowest BCUT2D eigenvalue weighted by Crippen LogP contribution is -2.24. The van der Waals surface area contributed by atoms with E-state index in [1.807, 2.05) is 13.8 Å². The van der Waals surface area contributed by atoms with Crippen LogP contribution in [0.5, 0.6) is 17.2 Å². The number of amides is 2. The number of rotatable bonds is 10. The predicted molar refractivity (Wildman–Crippen MR) is 121 cm³/mol. The quantitative estimate of drug-likeness (QED) is 0.598. The van der Waals surface area contributed by atoms with Crippen LogP contribution in [0.25, 0.3) is 0 Å². The molecule has 1 heterocycles. The number of ether oxygens (including phenoxy) is 3. The zero-order chi connectivity index (χ0) is 22.2. The van der Waals surface area contributed by atoms with Crippen LogP contribution in [0.1, 0.15) is 49.9 Å². The van der Waals surface area contributed by atoms with E-state index in [9.17, 15) is 9.59 Å². The van der Waals surface area contributed by atoms with E-state index >= 15 is 0 Å². The highest BCUT2D eigenvalue weighted by atomic mass is 16.5. The maximum Gasteiger partial charge on any atom is 0.255 e. The van der Waals surface area contributed by atoms with Gasteiger partial charge in [-0.1, -0.05) is 13.8 Å². The summed E-state index contributed by atoms with van der Waals surface area (Å²) in [5.41, 5.74) is 1.77. The zero-order valence-corrected chi connectivity index (χ0v) is 18.4. The Labute approximate surface area is 183 Å². The molecule has 0 spiro atoms. The van der Waals surface area contributed by atoms with Crippen LogP contribution in [0.4, 0.5) is 11.4 Å². The predicted octanol–water partition coefficient (Wildman–Crippen LogP) is 4.65. The van der Waals surface area contributed by atoms with Crippen LogP contribution in [-0.2, 0) is 4.79 Å². The highest BCUT2D eigenvalue weighted by Crippen LogP contribution is 2.34. The largest absolute Gasteiger partial charge is 0.494 e. The molecular weight excluding hydrogens is 396 g/mol. The number of anilines is 2. The molecule has 1 fully saturated rings. The number of carbonyl (C=O) groups excluding carboxylic acids is 2. The summed E-state index contributed by atoms with van der Waals surface area (Å²) < 4.78 is 17.0. The number of benzene rings is 2. The Morgan fingerprint density at radius 3 is 2.39 bits per heavy atom. The molecule has 0 aromatic heterocycles. The van der Waals surface area contributed by atoms with Crippen molar-refractivity contribution in [1.29, 1.82) is 0 Å². The molecule has 2 aromatic rings. The van der Waals surface area contributed by atoms with Crippen molar-refractivity contribution < 1.29 is 23.8 Å². The number of nitrogens with zero attached hydrogens (tertiary/aromatic N) is 1. The van der Waals surface area contributed by atoms with Gasteiger partial charge in [0.15, 0.2) is 11.5 Å². The van der Waals surface area contributed by atoms with E-state index in [1.165, 1.54) is 0 Å². The summed E-state index contributed by atoms with van der Waals surface area (Å²) >= 11 is 0. The third kappa shape index (κ3) is 5.48. The van der Waals surface area contributed by atoms with E-state index in [0.29, 0.717) is 54.7 Å². The van der Waals surface area contributed by atoms with Gasteiger partial charge in [-0.05, 0) is 49.6 Å². The summed E-state index contributed by atoms with van der Waals surface area (Å²) in [6, 6.07) is 10.5. The Hall–Kier alpha value is -3.22. The van der Waals surface area contributed by atoms with Crippen molar-refractivity contribution in [3.63, 3.8) is 0 Å². The maximum absolute atomic E-state index is 12.8. The van der Waals surface area contributed by atoms with Gasteiger partial charge >= 0.3 is 0 Å². The van der Waals surface area contributed by atoms with E-state index in [-0.39, 0.29) is 11.8 Å². The molecule has 2 aromatic carbocycles. The first-order valence-electron chi connectivity index (χ1n) is 10.8. The van der Waals surface area contributed by atoms with Crippen LogP contribution in [0.3, 0.4) is 0 Å². The molecule has 31 heavy (non-hydrogen) atoms. The molecule has 0 atom stereocenters. The third-order valence-electron chi connectivity index (χ3n) is 4.93. The molecule has 0 aliphatic carbocycles. The Bertz CT molecular complexity index is 928. The minimum atomic E-state index is -0.268. The number of hydrogen-bond acceptors (Lipinski definition) is 5. The molecule has 0 unspecified atom stereocenters. The van der Waals surface area contributed by atoms with Crippen molar-refractivity contribution in [2.24, 2.45) is 0 Å². The van der Waals surface area contributed by atoms with Crippen molar-refractivity contribution in [3.05, 3.63) is 42.0 Å². The first-order chi connectivity index (χ1) is 15.1. The lowest BCUT2D eigenvalue weighted by atomic mass is 10.1. The second kappa shape index (κ2) is 10.7.